The summed E-state index contributed by atoms with van der Waals surface area (Å²) in [7, 11) is 0. The van der Waals surface area contributed by atoms with Crippen LogP contribution in [0.1, 0.15) is 32.1 Å². The van der Waals surface area contributed by atoms with Crippen molar-refractivity contribution < 1.29 is 9.90 Å². The van der Waals surface area contributed by atoms with Crippen LogP contribution in [-0.4, -0.2) is 17.5 Å². The number of carbonyl (C=O) groups excluding carboxylic acids is 1. The molecule has 1 unspecified atom stereocenters. The fourth-order valence-corrected chi connectivity index (χ4v) is 2.06. The monoisotopic (exact) mass is 168 g/mol. The molecule has 1 atom stereocenters. The van der Waals surface area contributed by atoms with Crippen LogP contribution >= 0.6 is 0 Å². The molecule has 68 valence electrons. The Morgan fingerprint density at radius 2 is 2.42 bits per heavy atom. The van der Waals surface area contributed by atoms with Crippen LogP contribution < -0.4 is 0 Å². The highest BCUT2D eigenvalue weighted by atomic mass is 16.3. The van der Waals surface area contributed by atoms with E-state index in [-0.39, 0.29) is 12.0 Å². The highest BCUT2D eigenvalue weighted by Gasteiger charge is 2.39. The zero-order valence-corrected chi connectivity index (χ0v) is 7.38. The number of hydrogen-bond donors (Lipinski definition) is 1. The predicted molar refractivity (Wildman–Crippen MR) is 47.8 cm³/mol. The molecule has 1 N–H and O–H groups in total. The van der Waals surface area contributed by atoms with Crippen molar-refractivity contribution in [2.75, 3.05) is 6.61 Å². The fraction of sp³-hybridized carbons (Fsp3) is 0.700. The van der Waals surface area contributed by atoms with Crippen molar-refractivity contribution >= 4 is 5.78 Å². The van der Waals surface area contributed by atoms with Gasteiger partial charge in [0.05, 0.1) is 0 Å². The summed E-state index contributed by atoms with van der Waals surface area (Å²) in [5.41, 5.74) is -0.253. The summed E-state index contributed by atoms with van der Waals surface area (Å²) in [4.78, 5) is 11.5. The second kappa shape index (κ2) is 3.85. The summed E-state index contributed by atoms with van der Waals surface area (Å²) in [6.45, 7) is 3.76. The van der Waals surface area contributed by atoms with E-state index in [1.165, 1.54) is 0 Å². The Labute approximate surface area is 73.3 Å². The molecule has 0 spiro atoms. The summed E-state index contributed by atoms with van der Waals surface area (Å²) in [6, 6.07) is 0. The first-order chi connectivity index (χ1) is 5.75. The van der Waals surface area contributed by atoms with Gasteiger partial charge in [-0.1, -0.05) is 6.08 Å². The van der Waals surface area contributed by atoms with Crippen LogP contribution in [0, 0.1) is 5.41 Å². The van der Waals surface area contributed by atoms with E-state index in [9.17, 15) is 4.79 Å². The van der Waals surface area contributed by atoms with Crippen LogP contribution in [-0.2, 0) is 4.79 Å². The molecule has 0 bridgehead atoms. The molecule has 1 aliphatic carbocycles. The maximum atomic E-state index is 11.5. The van der Waals surface area contributed by atoms with Crippen molar-refractivity contribution in [1.82, 2.24) is 0 Å². The minimum absolute atomic E-state index is 0.111. The molecule has 1 rings (SSSR count). The first-order valence-electron chi connectivity index (χ1n) is 4.50. The van der Waals surface area contributed by atoms with Gasteiger partial charge in [-0.2, -0.15) is 0 Å². The number of hydrogen-bond acceptors (Lipinski definition) is 2. The maximum Gasteiger partial charge on any atom is 0.139 e. The zero-order valence-electron chi connectivity index (χ0n) is 7.38. The third-order valence-electron chi connectivity index (χ3n) is 2.78. The lowest BCUT2D eigenvalue weighted by molar-refractivity contribution is -0.126. The number of rotatable bonds is 4. The molecule has 0 radical (unpaired) electrons. The largest absolute Gasteiger partial charge is 0.396 e. The third-order valence-corrected chi connectivity index (χ3v) is 2.78. The van der Waals surface area contributed by atoms with E-state index < -0.39 is 0 Å². The van der Waals surface area contributed by atoms with Crippen molar-refractivity contribution in [2.45, 2.75) is 32.1 Å². The Balaban J connectivity index is 2.69. The van der Waals surface area contributed by atoms with Crippen molar-refractivity contribution in [3.05, 3.63) is 12.7 Å². The minimum atomic E-state index is -0.253. The smallest absolute Gasteiger partial charge is 0.139 e. The van der Waals surface area contributed by atoms with Crippen molar-refractivity contribution in [1.29, 1.82) is 0 Å². The molecule has 1 aliphatic rings. The Morgan fingerprint density at radius 3 is 2.83 bits per heavy atom. The van der Waals surface area contributed by atoms with Gasteiger partial charge in [0.15, 0.2) is 0 Å². The van der Waals surface area contributed by atoms with E-state index in [2.05, 4.69) is 6.58 Å². The van der Waals surface area contributed by atoms with Gasteiger partial charge >= 0.3 is 0 Å². The van der Waals surface area contributed by atoms with Gasteiger partial charge in [-0.15, -0.1) is 6.58 Å². The van der Waals surface area contributed by atoms with Crippen molar-refractivity contribution in [2.24, 2.45) is 5.41 Å². The molecule has 0 aromatic heterocycles. The van der Waals surface area contributed by atoms with E-state index >= 15 is 0 Å². The zero-order chi connectivity index (χ0) is 9.03. The Morgan fingerprint density at radius 1 is 1.67 bits per heavy atom. The van der Waals surface area contributed by atoms with E-state index in [1.807, 2.05) is 0 Å². The quantitative estimate of drug-likeness (QED) is 0.648. The van der Waals surface area contributed by atoms with Gasteiger partial charge < -0.3 is 5.11 Å². The van der Waals surface area contributed by atoms with Gasteiger partial charge in [0, 0.05) is 18.4 Å². The molecule has 2 heteroatoms. The van der Waals surface area contributed by atoms with Gasteiger partial charge in [0.1, 0.15) is 5.78 Å². The summed E-state index contributed by atoms with van der Waals surface area (Å²) in [5, 5.41) is 8.85. The molecule has 1 saturated carbocycles. The van der Waals surface area contributed by atoms with Gasteiger partial charge in [-0.3, -0.25) is 4.79 Å². The van der Waals surface area contributed by atoms with Gasteiger partial charge in [-0.25, -0.2) is 0 Å². The van der Waals surface area contributed by atoms with Crippen LogP contribution in [0.15, 0.2) is 12.7 Å². The highest BCUT2D eigenvalue weighted by Crippen LogP contribution is 2.40. The van der Waals surface area contributed by atoms with Crippen LogP contribution in [0.4, 0.5) is 0 Å². The Hall–Kier alpha value is -0.630. The Bertz CT molecular complexity index is 186. The number of allylic oxidation sites excluding steroid dienone is 1. The van der Waals surface area contributed by atoms with Gasteiger partial charge in [0.25, 0.3) is 0 Å². The predicted octanol–water partition coefficient (Wildman–Crippen LogP) is 1.68. The number of carbonyl (C=O) groups is 1. The number of aliphatic hydroxyl groups excluding tert-OH is 1. The van der Waals surface area contributed by atoms with Crippen molar-refractivity contribution in [3.63, 3.8) is 0 Å². The second-order valence-corrected chi connectivity index (χ2v) is 3.52. The first kappa shape index (κ1) is 9.46. The maximum absolute atomic E-state index is 11.5. The van der Waals surface area contributed by atoms with Crippen LogP contribution in [0.3, 0.4) is 0 Å². The normalized spacial score (nSPS) is 29.2. The van der Waals surface area contributed by atoms with E-state index in [4.69, 9.17) is 5.11 Å². The summed E-state index contributed by atoms with van der Waals surface area (Å²) in [6.07, 6.45) is 5.72. The average Bonchev–Trinajstić information content (AvgIpc) is 2.35. The summed E-state index contributed by atoms with van der Waals surface area (Å²) >= 11 is 0. The van der Waals surface area contributed by atoms with E-state index in [0.717, 1.165) is 19.3 Å². The molecule has 0 amide bonds. The van der Waals surface area contributed by atoms with E-state index in [0.29, 0.717) is 18.6 Å². The molecule has 12 heavy (non-hydrogen) atoms. The van der Waals surface area contributed by atoms with Gasteiger partial charge in [-0.05, 0) is 25.7 Å². The standard InChI is InChI=1S/C10H16O2/c1-2-5-10(7-8-11)6-3-4-9(10)12/h2,11H,1,3-8H2. The number of Topliss-reactive ketones (excluding diaryl/α,β-unsaturated/α-hetero) is 1. The van der Waals surface area contributed by atoms with Crippen molar-refractivity contribution in [3.8, 4) is 0 Å². The molecule has 2 nitrogen and oxygen atoms in total. The lowest BCUT2D eigenvalue weighted by atomic mass is 9.79. The summed E-state index contributed by atoms with van der Waals surface area (Å²) in [5.74, 6) is 0.316. The third kappa shape index (κ3) is 1.58. The molecule has 0 saturated heterocycles. The minimum Gasteiger partial charge on any atom is -0.396 e. The molecular formula is C10H16O2. The molecule has 0 aromatic carbocycles. The number of ketones is 1. The van der Waals surface area contributed by atoms with Crippen LogP contribution in [0.5, 0.6) is 0 Å². The summed E-state index contributed by atoms with van der Waals surface area (Å²) < 4.78 is 0. The van der Waals surface area contributed by atoms with Gasteiger partial charge in [0.2, 0.25) is 0 Å². The molecule has 0 aromatic rings. The SMILES string of the molecule is C=CCC1(CCO)CCCC1=O. The topological polar surface area (TPSA) is 37.3 Å². The van der Waals surface area contributed by atoms with Crippen LogP contribution in [0.25, 0.3) is 0 Å². The van der Waals surface area contributed by atoms with Crippen LogP contribution in [0.2, 0.25) is 0 Å². The lowest BCUT2D eigenvalue weighted by Gasteiger charge is -2.24. The average molecular weight is 168 g/mol. The van der Waals surface area contributed by atoms with E-state index in [1.54, 1.807) is 6.08 Å². The molecular weight excluding hydrogens is 152 g/mol. The molecule has 1 fully saturated rings. The second-order valence-electron chi connectivity index (χ2n) is 3.52. The highest BCUT2D eigenvalue weighted by molar-refractivity contribution is 5.86. The lowest BCUT2D eigenvalue weighted by Crippen LogP contribution is -2.26. The molecule has 0 heterocycles. The molecule has 0 aliphatic heterocycles. The first-order valence-corrected chi connectivity index (χ1v) is 4.50. The number of aliphatic hydroxyl groups is 1. The Kier molecular flexibility index (Phi) is 3.04. The fourth-order valence-electron chi connectivity index (χ4n) is 2.06.